The van der Waals surface area contributed by atoms with Gasteiger partial charge in [0.05, 0.1) is 0 Å². The maximum atomic E-state index is 5.67. The molecule has 1 aromatic rings. The van der Waals surface area contributed by atoms with Gasteiger partial charge in [-0.05, 0) is 49.5 Å². The Balaban J connectivity index is 1.59. The van der Waals surface area contributed by atoms with Crippen LogP contribution in [0.25, 0.3) is 0 Å². The molecule has 2 aliphatic rings. The van der Waals surface area contributed by atoms with E-state index in [2.05, 4.69) is 21.3 Å². The first kappa shape index (κ1) is 13.8. The highest BCUT2D eigenvalue weighted by molar-refractivity contribution is 7.80. The Morgan fingerprint density at radius 2 is 2.05 bits per heavy atom. The zero-order valence-corrected chi connectivity index (χ0v) is 12.7. The van der Waals surface area contributed by atoms with Crippen molar-refractivity contribution in [2.45, 2.75) is 63.6 Å². The Bertz CT molecular complexity index is 438. The molecular weight excluding hydrogens is 266 g/mol. The number of rotatable bonds is 4. The molecule has 0 aromatic carbocycles. The SMILES string of the molecule is S=C(NC1CCCCC1)N(Cc1cccnc1)C1CC1. The first-order valence-electron chi connectivity index (χ1n) is 7.79. The second kappa shape index (κ2) is 6.53. The fourth-order valence-electron chi connectivity index (χ4n) is 2.95. The van der Waals surface area contributed by atoms with Gasteiger partial charge in [-0.25, -0.2) is 0 Å². The zero-order valence-electron chi connectivity index (χ0n) is 11.9. The van der Waals surface area contributed by atoms with Crippen molar-refractivity contribution in [2.75, 3.05) is 0 Å². The third-order valence-corrected chi connectivity index (χ3v) is 4.61. The molecule has 0 amide bonds. The number of nitrogens with one attached hydrogen (secondary N) is 1. The average Bonchev–Trinajstić information content (AvgIpc) is 3.31. The molecule has 2 saturated carbocycles. The van der Waals surface area contributed by atoms with Crippen molar-refractivity contribution in [3.05, 3.63) is 30.1 Å². The quantitative estimate of drug-likeness (QED) is 0.861. The van der Waals surface area contributed by atoms with Gasteiger partial charge in [0, 0.05) is 31.0 Å². The molecule has 1 aromatic heterocycles. The zero-order chi connectivity index (χ0) is 13.8. The lowest BCUT2D eigenvalue weighted by molar-refractivity contribution is 0.361. The first-order valence-corrected chi connectivity index (χ1v) is 8.20. The molecule has 2 aliphatic carbocycles. The van der Waals surface area contributed by atoms with Gasteiger partial charge in [0.2, 0.25) is 0 Å². The molecule has 0 radical (unpaired) electrons. The average molecular weight is 289 g/mol. The largest absolute Gasteiger partial charge is 0.360 e. The summed E-state index contributed by atoms with van der Waals surface area (Å²) in [6, 6.07) is 5.36. The monoisotopic (exact) mass is 289 g/mol. The van der Waals surface area contributed by atoms with Crippen LogP contribution in [0.4, 0.5) is 0 Å². The number of hydrogen-bond acceptors (Lipinski definition) is 2. The Labute approximate surface area is 126 Å². The second-order valence-electron chi connectivity index (χ2n) is 6.00. The highest BCUT2D eigenvalue weighted by atomic mass is 32.1. The van der Waals surface area contributed by atoms with Gasteiger partial charge in [0.25, 0.3) is 0 Å². The van der Waals surface area contributed by atoms with Crippen LogP contribution in [0.5, 0.6) is 0 Å². The normalized spacial score (nSPS) is 19.6. The maximum absolute atomic E-state index is 5.67. The van der Waals surface area contributed by atoms with Crippen LogP contribution in [0, 0.1) is 0 Å². The molecule has 2 fully saturated rings. The highest BCUT2D eigenvalue weighted by Crippen LogP contribution is 2.29. The summed E-state index contributed by atoms with van der Waals surface area (Å²) >= 11 is 5.67. The van der Waals surface area contributed by atoms with E-state index in [-0.39, 0.29) is 0 Å². The lowest BCUT2D eigenvalue weighted by Crippen LogP contribution is -2.45. The lowest BCUT2D eigenvalue weighted by atomic mass is 9.96. The summed E-state index contributed by atoms with van der Waals surface area (Å²) in [4.78, 5) is 6.56. The van der Waals surface area contributed by atoms with Gasteiger partial charge in [-0.2, -0.15) is 0 Å². The topological polar surface area (TPSA) is 28.2 Å². The summed E-state index contributed by atoms with van der Waals surface area (Å²) < 4.78 is 0. The molecule has 1 N–H and O–H groups in total. The van der Waals surface area contributed by atoms with Crippen molar-refractivity contribution < 1.29 is 0 Å². The smallest absolute Gasteiger partial charge is 0.169 e. The van der Waals surface area contributed by atoms with E-state index in [1.807, 2.05) is 18.5 Å². The number of pyridine rings is 1. The minimum Gasteiger partial charge on any atom is -0.360 e. The third kappa shape index (κ3) is 3.69. The summed E-state index contributed by atoms with van der Waals surface area (Å²) in [5.74, 6) is 0. The van der Waals surface area contributed by atoms with Crippen LogP contribution in [0.1, 0.15) is 50.5 Å². The summed E-state index contributed by atoms with van der Waals surface area (Å²) in [6.45, 7) is 0.886. The summed E-state index contributed by atoms with van der Waals surface area (Å²) in [5, 5.41) is 4.54. The molecule has 4 heteroatoms. The van der Waals surface area contributed by atoms with Gasteiger partial charge in [-0.1, -0.05) is 25.3 Å². The van der Waals surface area contributed by atoms with Crippen LogP contribution in [0.15, 0.2) is 24.5 Å². The Morgan fingerprint density at radius 3 is 2.70 bits per heavy atom. The first-order chi connectivity index (χ1) is 9.83. The standard InChI is InChI=1S/C16H23N3S/c20-16(18-14-6-2-1-3-7-14)19(15-8-9-15)12-13-5-4-10-17-11-13/h4-5,10-11,14-15H,1-3,6-9,12H2,(H,18,20). The molecule has 0 atom stereocenters. The Hall–Kier alpha value is -1.16. The Morgan fingerprint density at radius 1 is 1.25 bits per heavy atom. The van der Waals surface area contributed by atoms with Gasteiger partial charge >= 0.3 is 0 Å². The predicted molar refractivity (Wildman–Crippen MR) is 85.4 cm³/mol. The minimum absolute atomic E-state index is 0.589. The van der Waals surface area contributed by atoms with Crippen LogP contribution in [-0.2, 0) is 6.54 Å². The van der Waals surface area contributed by atoms with Gasteiger partial charge < -0.3 is 10.2 Å². The van der Waals surface area contributed by atoms with Crippen molar-refractivity contribution in [3.63, 3.8) is 0 Å². The summed E-state index contributed by atoms with van der Waals surface area (Å²) in [7, 11) is 0. The van der Waals surface area contributed by atoms with E-state index in [4.69, 9.17) is 12.2 Å². The van der Waals surface area contributed by atoms with Gasteiger partial charge in [0.1, 0.15) is 0 Å². The number of thiocarbonyl (C=S) groups is 1. The van der Waals surface area contributed by atoms with Crippen LogP contribution in [-0.4, -0.2) is 27.1 Å². The predicted octanol–water partition coefficient (Wildman–Crippen LogP) is 3.25. The van der Waals surface area contributed by atoms with Gasteiger partial charge in [0.15, 0.2) is 5.11 Å². The summed E-state index contributed by atoms with van der Waals surface area (Å²) in [5.41, 5.74) is 1.24. The van der Waals surface area contributed by atoms with E-state index in [1.54, 1.807) is 0 Å². The molecule has 0 unspecified atom stereocenters. The van der Waals surface area contributed by atoms with Crippen molar-refractivity contribution >= 4 is 17.3 Å². The van der Waals surface area contributed by atoms with E-state index in [1.165, 1.54) is 50.5 Å². The van der Waals surface area contributed by atoms with E-state index >= 15 is 0 Å². The van der Waals surface area contributed by atoms with Crippen molar-refractivity contribution in [1.82, 2.24) is 15.2 Å². The molecular formula is C16H23N3S. The molecule has 0 spiro atoms. The van der Waals surface area contributed by atoms with Crippen LogP contribution in [0.3, 0.4) is 0 Å². The molecule has 0 bridgehead atoms. The van der Waals surface area contributed by atoms with Gasteiger partial charge in [-0.3, -0.25) is 4.98 Å². The molecule has 3 rings (SSSR count). The highest BCUT2D eigenvalue weighted by Gasteiger charge is 2.31. The van der Waals surface area contributed by atoms with Crippen LogP contribution in [0.2, 0.25) is 0 Å². The molecule has 20 heavy (non-hydrogen) atoms. The van der Waals surface area contributed by atoms with Crippen LogP contribution < -0.4 is 5.32 Å². The number of hydrogen-bond donors (Lipinski definition) is 1. The molecule has 0 aliphatic heterocycles. The Kier molecular flexibility index (Phi) is 4.51. The molecule has 1 heterocycles. The van der Waals surface area contributed by atoms with Gasteiger partial charge in [-0.15, -0.1) is 0 Å². The fourth-order valence-corrected chi connectivity index (χ4v) is 3.33. The lowest BCUT2D eigenvalue weighted by Gasteiger charge is -2.31. The molecule has 0 saturated heterocycles. The van der Waals surface area contributed by atoms with E-state index in [0.717, 1.165) is 11.7 Å². The maximum Gasteiger partial charge on any atom is 0.169 e. The van der Waals surface area contributed by atoms with Crippen molar-refractivity contribution in [3.8, 4) is 0 Å². The van der Waals surface area contributed by atoms with Crippen molar-refractivity contribution in [1.29, 1.82) is 0 Å². The van der Waals surface area contributed by atoms with E-state index in [9.17, 15) is 0 Å². The minimum atomic E-state index is 0.589. The number of aromatic nitrogens is 1. The second-order valence-corrected chi connectivity index (χ2v) is 6.39. The molecule has 3 nitrogen and oxygen atoms in total. The van der Waals surface area contributed by atoms with Crippen LogP contribution >= 0.6 is 12.2 Å². The summed E-state index contributed by atoms with van der Waals surface area (Å²) in [6.07, 6.45) is 12.9. The van der Waals surface area contributed by atoms with Crippen molar-refractivity contribution in [2.24, 2.45) is 0 Å². The fraction of sp³-hybridized carbons (Fsp3) is 0.625. The van der Waals surface area contributed by atoms with E-state index in [0.29, 0.717) is 12.1 Å². The molecule has 108 valence electrons. The number of nitrogens with zero attached hydrogens (tertiary/aromatic N) is 2. The third-order valence-electron chi connectivity index (χ3n) is 4.26. The van der Waals surface area contributed by atoms with E-state index < -0.39 is 0 Å².